The van der Waals surface area contributed by atoms with E-state index >= 15 is 0 Å². The Morgan fingerprint density at radius 3 is 2.27 bits per heavy atom. The van der Waals surface area contributed by atoms with Crippen molar-refractivity contribution < 1.29 is 23.5 Å². The number of hydrogen-bond acceptors (Lipinski definition) is 4. The number of carbonyl (C=O) groups excluding carboxylic acids is 2. The van der Waals surface area contributed by atoms with Gasteiger partial charge < -0.3 is 20.1 Å². The molecule has 0 aliphatic carbocycles. The van der Waals surface area contributed by atoms with Crippen LogP contribution in [-0.2, 0) is 4.79 Å². The monoisotopic (exact) mass is 468 g/mol. The van der Waals surface area contributed by atoms with E-state index in [1.807, 2.05) is 0 Å². The number of benzene rings is 3. The highest BCUT2D eigenvalue weighted by Crippen LogP contribution is 2.28. The smallest absolute Gasteiger partial charge is 0.272 e. The van der Waals surface area contributed by atoms with Crippen molar-refractivity contribution >= 4 is 35.2 Å². The summed E-state index contributed by atoms with van der Waals surface area (Å²) in [4.78, 5) is 25.8. The lowest BCUT2D eigenvalue weighted by molar-refractivity contribution is -0.113. The third-order valence-electron chi connectivity index (χ3n) is 4.75. The summed E-state index contributed by atoms with van der Waals surface area (Å²) in [6.45, 7) is 1.62. The molecule has 0 fully saturated rings. The van der Waals surface area contributed by atoms with E-state index in [9.17, 15) is 14.0 Å². The summed E-state index contributed by atoms with van der Waals surface area (Å²) in [5.74, 6) is -0.626. The zero-order valence-corrected chi connectivity index (χ0v) is 19.0. The Balaban J connectivity index is 1.94. The first kappa shape index (κ1) is 23.8. The van der Waals surface area contributed by atoms with Crippen LogP contribution in [-0.4, -0.2) is 26.0 Å². The van der Waals surface area contributed by atoms with Gasteiger partial charge in [-0.15, -0.1) is 0 Å². The Kier molecular flexibility index (Phi) is 7.69. The maximum Gasteiger partial charge on any atom is 0.272 e. The molecule has 0 spiro atoms. The fraction of sp³-hybridized carbons (Fsp3) is 0.120. The maximum absolute atomic E-state index is 13.9. The van der Waals surface area contributed by atoms with Crippen LogP contribution in [0.4, 0.5) is 10.1 Å². The highest BCUT2D eigenvalue weighted by molar-refractivity contribution is 6.30. The number of anilines is 1. The minimum Gasteiger partial charge on any atom is -0.493 e. The minimum absolute atomic E-state index is 0.0526. The summed E-state index contributed by atoms with van der Waals surface area (Å²) in [6, 6.07) is 15.6. The Morgan fingerprint density at radius 1 is 0.939 bits per heavy atom. The second kappa shape index (κ2) is 10.7. The van der Waals surface area contributed by atoms with E-state index in [0.29, 0.717) is 33.2 Å². The molecule has 33 heavy (non-hydrogen) atoms. The van der Waals surface area contributed by atoms with E-state index in [2.05, 4.69) is 10.6 Å². The minimum atomic E-state index is -0.629. The number of rotatable bonds is 7. The third-order valence-corrected chi connectivity index (χ3v) is 5.00. The molecule has 6 nitrogen and oxygen atoms in total. The first-order valence-electron chi connectivity index (χ1n) is 9.89. The van der Waals surface area contributed by atoms with Crippen LogP contribution in [0.25, 0.3) is 6.08 Å². The number of ether oxygens (including phenoxy) is 2. The molecule has 0 aliphatic rings. The molecule has 0 atom stereocenters. The molecule has 8 heteroatoms. The lowest BCUT2D eigenvalue weighted by atomic mass is 10.1. The lowest BCUT2D eigenvalue weighted by Crippen LogP contribution is -2.30. The van der Waals surface area contributed by atoms with E-state index in [-0.39, 0.29) is 11.4 Å². The fourth-order valence-corrected chi connectivity index (χ4v) is 3.06. The van der Waals surface area contributed by atoms with Crippen molar-refractivity contribution in [3.05, 3.63) is 93.9 Å². The van der Waals surface area contributed by atoms with Crippen molar-refractivity contribution in [1.29, 1.82) is 0 Å². The average molecular weight is 469 g/mol. The molecule has 0 aromatic heterocycles. The second-order valence-corrected chi connectivity index (χ2v) is 7.49. The van der Waals surface area contributed by atoms with Crippen LogP contribution >= 0.6 is 11.6 Å². The van der Waals surface area contributed by atoms with Gasteiger partial charge in [0.1, 0.15) is 11.5 Å². The maximum atomic E-state index is 13.9. The molecule has 3 aromatic carbocycles. The van der Waals surface area contributed by atoms with Gasteiger partial charge in [-0.3, -0.25) is 9.59 Å². The molecule has 0 heterocycles. The number of halogens is 2. The number of nitrogens with one attached hydrogen (secondary N) is 2. The largest absolute Gasteiger partial charge is 0.493 e. The fourth-order valence-electron chi connectivity index (χ4n) is 2.93. The van der Waals surface area contributed by atoms with Crippen LogP contribution in [0.3, 0.4) is 0 Å². The van der Waals surface area contributed by atoms with Gasteiger partial charge in [0.05, 0.1) is 14.2 Å². The van der Waals surface area contributed by atoms with E-state index in [1.165, 1.54) is 26.4 Å². The number of hydrogen-bond donors (Lipinski definition) is 2. The summed E-state index contributed by atoms with van der Waals surface area (Å²) in [5.41, 5.74) is 1.53. The molecule has 0 saturated heterocycles. The van der Waals surface area contributed by atoms with E-state index < -0.39 is 17.6 Å². The number of carbonyl (C=O) groups is 2. The van der Waals surface area contributed by atoms with Crippen molar-refractivity contribution in [3.63, 3.8) is 0 Å². The van der Waals surface area contributed by atoms with Gasteiger partial charge >= 0.3 is 0 Å². The Labute approximate surface area is 196 Å². The summed E-state index contributed by atoms with van der Waals surface area (Å²) in [7, 11) is 3.01. The molecule has 170 valence electrons. The summed E-state index contributed by atoms with van der Waals surface area (Å²) in [6.07, 6.45) is 1.48. The molecule has 3 aromatic rings. The van der Waals surface area contributed by atoms with Crippen LogP contribution in [0.5, 0.6) is 11.5 Å². The topological polar surface area (TPSA) is 76.7 Å². The zero-order chi connectivity index (χ0) is 24.0. The second-order valence-electron chi connectivity index (χ2n) is 7.05. The predicted molar refractivity (Wildman–Crippen MR) is 126 cm³/mol. The molecule has 0 unspecified atom stereocenters. The Morgan fingerprint density at radius 2 is 1.64 bits per heavy atom. The molecule has 2 amide bonds. The summed E-state index contributed by atoms with van der Waals surface area (Å²) < 4.78 is 24.5. The molecule has 0 radical (unpaired) electrons. The molecule has 0 saturated carbocycles. The summed E-state index contributed by atoms with van der Waals surface area (Å²) in [5, 5.41) is 5.70. The Bertz CT molecular complexity index is 1210. The van der Waals surface area contributed by atoms with Gasteiger partial charge in [0, 0.05) is 16.3 Å². The van der Waals surface area contributed by atoms with Crippen molar-refractivity contribution in [1.82, 2.24) is 5.32 Å². The number of aryl methyl sites for hydroxylation is 1. The van der Waals surface area contributed by atoms with Gasteiger partial charge in [-0.1, -0.05) is 23.7 Å². The van der Waals surface area contributed by atoms with Gasteiger partial charge in [0.15, 0.2) is 11.5 Å². The highest BCUT2D eigenvalue weighted by Gasteiger charge is 2.16. The molecule has 0 bridgehead atoms. The van der Waals surface area contributed by atoms with Crippen LogP contribution < -0.4 is 20.1 Å². The SMILES string of the molecule is COc1ccc(C=C(NC(=O)c2ccc(Cl)cc2)C(=O)Nc2ccc(C)c(F)c2)cc1OC. The van der Waals surface area contributed by atoms with Crippen LogP contribution in [0.1, 0.15) is 21.5 Å². The van der Waals surface area contributed by atoms with Crippen LogP contribution in [0, 0.1) is 12.7 Å². The molecule has 2 N–H and O–H groups in total. The molecular formula is C25H22ClFN2O4. The predicted octanol–water partition coefficient (Wildman–Crippen LogP) is 5.21. The molecule has 0 aliphatic heterocycles. The summed E-state index contributed by atoms with van der Waals surface area (Å²) >= 11 is 5.89. The van der Waals surface area contributed by atoms with Gasteiger partial charge in [0.2, 0.25) is 0 Å². The zero-order valence-electron chi connectivity index (χ0n) is 18.2. The van der Waals surface area contributed by atoms with E-state index in [1.54, 1.807) is 61.5 Å². The van der Waals surface area contributed by atoms with Crippen molar-refractivity contribution in [2.45, 2.75) is 6.92 Å². The van der Waals surface area contributed by atoms with E-state index in [0.717, 1.165) is 0 Å². The van der Waals surface area contributed by atoms with Gasteiger partial charge in [-0.25, -0.2) is 4.39 Å². The molecule has 3 rings (SSSR count). The molecular weight excluding hydrogens is 447 g/mol. The van der Waals surface area contributed by atoms with Crippen molar-refractivity contribution in [3.8, 4) is 11.5 Å². The van der Waals surface area contributed by atoms with E-state index in [4.69, 9.17) is 21.1 Å². The average Bonchev–Trinajstić information content (AvgIpc) is 2.81. The number of amides is 2. The van der Waals surface area contributed by atoms with Crippen molar-refractivity contribution in [2.75, 3.05) is 19.5 Å². The van der Waals surface area contributed by atoms with Crippen molar-refractivity contribution in [2.24, 2.45) is 0 Å². The normalized spacial score (nSPS) is 11.0. The lowest BCUT2D eigenvalue weighted by Gasteiger charge is -2.13. The first-order valence-corrected chi connectivity index (χ1v) is 10.3. The number of methoxy groups -OCH3 is 2. The third kappa shape index (κ3) is 6.11. The Hall–Kier alpha value is -3.84. The standard InChI is InChI=1S/C25H22ClFN2O4/c1-15-4-10-19(14-20(15)27)28-25(31)21(29-24(30)17-6-8-18(26)9-7-17)12-16-5-11-22(32-2)23(13-16)33-3/h4-14H,1-3H3,(H,28,31)(H,29,30). The first-order chi connectivity index (χ1) is 15.8. The van der Waals surface area contributed by atoms with Gasteiger partial charge in [-0.2, -0.15) is 0 Å². The van der Waals surface area contributed by atoms with Gasteiger partial charge in [0.25, 0.3) is 11.8 Å². The van der Waals surface area contributed by atoms with Gasteiger partial charge in [-0.05, 0) is 72.7 Å². The van der Waals surface area contributed by atoms with Crippen LogP contribution in [0.2, 0.25) is 5.02 Å². The van der Waals surface area contributed by atoms with Crippen LogP contribution in [0.15, 0.2) is 66.4 Å². The quantitative estimate of drug-likeness (QED) is 0.466. The highest BCUT2D eigenvalue weighted by atomic mass is 35.5.